The zero-order valence-electron chi connectivity index (χ0n) is 10.2. The predicted octanol–water partition coefficient (Wildman–Crippen LogP) is 1.55. The fourth-order valence-electron chi connectivity index (χ4n) is 1.50. The van der Waals surface area contributed by atoms with E-state index in [1.54, 1.807) is 32.2 Å². The van der Waals surface area contributed by atoms with E-state index in [-0.39, 0.29) is 11.8 Å². The molecule has 0 saturated heterocycles. The maximum atomic E-state index is 11.7. The first-order chi connectivity index (χ1) is 8.43. The van der Waals surface area contributed by atoms with E-state index in [9.17, 15) is 14.7 Å². The van der Waals surface area contributed by atoms with Gasteiger partial charge in [0.05, 0.1) is 6.04 Å². The van der Waals surface area contributed by atoms with Crippen LogP contribution in [0.4, 0.5) is 0 Å². The van der Waals surface area contributed by atoms with E-state index < -0.39 is 11.9 Å². The molecule has 96 valence electrons. The van der Waals surface area contributed by atoms with Crippen LogP contribution in [0.25, 0.3) is 0 Å². The Hall–Kier alpha value is -2.30. The maximum Gasteiger partial charge on any atom is 0.328 e. The molecule has 0 aromatic heterocycles. The SMILES string of the molecule is CC(c1ccccc1O)N(C)C(=O)/C=C/C(=O)O. The Kier molecular flexibility index (Phi) is 4.48. The Morgan fingerprint density at radius 1 is 1.28 bits per heavy atom. The van der Waals surface area contributed by atoms with Gasteiger partial charge in [-0.05, 0) is 13.0 Å². The first-order valence-corrected chi connectivity index (χ1v) is 5.39. The van der Waals surface area contributed by atoms with Gasteiger partial charge >= 0.3 is 5.97 Å². The van der Waals surface area contributed by atoms with Gasteiger partial charge < -0.3 is 15.1 Å². The van der Waals surface area contributed by atoms with Gasteiger partial charge in [-0.2, -0.15) is 0 Å². The number of carbonyl (C=O) groups is 2. The highest BCUT2D eigenvalue weighted by atomic mass is 16.4. The zero-order valence-corrected chi connectivity index (χ0v) is 10.2. The van der Waals surface area contributed by atoms with E-state index in [4.69, 9.17) is 5.11 Å². The number of carboxylic acids is 1. The predicted molar refractivity (Wildman–Crippen MR) is 66.1 cm³/mol. The second kappa shape index (κ2) is 5.86. The summed E-state index contributed by atoms with van der Waals surface area (Å²) in [7, 11) is 1.55. The van der Waals surface area contributed by atoms with Crippen molar-refractivity contribution < 1.29 is 19.8 Å². The van der Waals surface area contributed by atoms with E-state index in [1.807, 2.05) is 0 Å². The number of aliphatic carboxylic acids is 1. The van der Waals surface area contributed by atoms with Gasteiger partial charge in [-0.15, -0.1) is 0 Å². The van der Waals surface area contributed by atoms with Crippen molar-refractivity contribution in [2.24, 2.45) is 0 Å². The maximum absolute atomic E-state index is 11.7. The van der Waals surface area contributed by atoms with Gasteiger partial charge in [0.2, 0.25) is 5.91 Å². The average Bonchev–Trinajstić information content (AvgIpc) is 2.34. The number of phenols is 1. The van der Waals surface area contributed by atoms with Crippen LogP contribution in [0.15, 0.2) is 36.4 Å². The molecule has 2 N–H and O–H groups in total. The summed E-state index contributed by atoms with van der Waals surface area (Å²) in [6.45, 7) is 1.75. The molecule has 18 heavy (non-hydrogen) atoms. The number of para-hydroxylation sites is 1. The minimum Gasteiger partial charge on any atom is -0.508 e. The summed E-state index contributed by atoms with van der Waals surface area (Å²) in [6, 6.07) is 6.36. The number of phenolic OH excluding ortho intramolecular Hbond substituents is 1. The number of aromatic hydroxyl groups is 1. The van der Waals surface area contributed by atoms with E-state index in [0.29, 0.717) is 5.56 Å². The number of amides is 1. The smallest absolute Gasteiger partial charge is 0.328 e. The molecule has 1 atom stereocenters. The van der Waals surface area contributed by atoms with Crippen molar-refractivity contribution in [2.75, 3.05) is 7.05 Å². The third-order valence-electron chi connectivity index (χ3n) is 2.68. The molecule has 5 nitrogen and oxygen atoms in total. The lowest BCUT2D eigenvalue weighted by molar-refractivity contribution is -0.132. The molecule has 1 amide bonds. The molecule has 1 aromatic carbocycles. The molecule has 0 bridgehead atoms. The van der Waals surface area contributed by atoms with Crippen LogP contribution in [0.2, 0.25) is 0 Å². The highest BCUT2D eigenvalue weighted by Crippen LogP contribution is 2.27. The molecule has 0 aliphatic heterocycles. The number of carboxylic acid groups (broad SMARTS) is 1. The number of carbonyl (C=O) groups excluding carboxylic acids is 1. The lowest BCUT2D eigenvalue weighted by Gasteiger charge is -2.24. The van der Waals surface area contributed by atoms with Crippen molar-refractivity contribution in [2.45, 2.75) is 13.0 Å². The highest BCUT2D eigenvalue weighted by molar-refractivity contribution is 5.94. The quantitative estimate of drug-likeness (QED) is 0.794. The fourth-order valence-corrected chi connectivity index (χ4v) is 1.50. The van der Waals surface area contributed by atoms with Crippen molar-refractivity contribution in [1.82, 2.24) is 4.90 Å². The van der Waals surface area contributed by atoms with E-state index in [1.165, 1.54) is 11.0 Å². The van der Waals surface area contributed by atoms with Crippen molar-refractivity contribution in [3.05, 3.63) is 42.0 Å². The van der Waals surface area contributed by atoms with Crippen LogP contribution in [0.1, 0.15) is 18.5 Å². The van der Waals surface area contributed by atoms with E-state index in [2.05, 4.69) is 0 Å². The van der Waals surface area contributed by atoms with Gasteiger partial charge in [0.15, 0.2) is 0 Å². The normalized spacial score (nSPS) is 12.3. The molecule has 0 saturated carbocycles. The monoisotopic (exact) mass is 249 g/mol. The van der Waals surface area contributed by atoms with Crippen LogP contribution in [0.3, 0.4) is 0 Å². The van der Waals surface area contributed by atoms with Gasteiger partial charge in [0.1, 0.15) is 5.75 Å². The number of likely N-dealkylation sites (N-methyl/N-ethyl adjacent to an activating group) is 1. The minimum atomic E-state index is -1.17. The van der Waals surface area contributed by atoms with Crippen molar-refractivity contribution in [1.29, 1.82) is 0 Å². The molecule has 0 heterocycles. The molecule has 1 rings (SSSR count). The standard InChI is InChI=1S/C13H15NO4/c1-9(10-5-3-4-6-11(10)15)14(2)12(16)7-8-13(17)18/h3-9,15H,1-2H3,(H,17,18)/b8-7+. The molecule has 1 unspecified atom stereocenters. The second-order valence-corrected chi connectivity index (χ2v) is 3.86. The first-order valence-electron chi connectivity index (χ1n) is 5.39. The second-order valence-electron chi connectivity index (χ2n) is 3.86. The highest BCUT2D eigenvalue weighted by Gasteiger charge is 2.17. The van der Waals surface area contributed by atoms with Gasteiger partial charge in [0, 0.05) is 24.8 Å². The molecular formula is C13H15NO4. The van der Waals surface area contributed by atoms with Gasteiger partial charge in [-0.25, -0.2) is 4.79 Å². The number of nitrogens with zero attached hydrogens (tertiary/aromatic N) is 1. The fraction of sp³-hybridized carbons (Fsp3) is 0.231. The third kappa shape index (κ3) is 3.35. The summed E-state index contributed by atoms with van der Waals surface area (Å²) >= 11 is 0. The Morgan fingerprint density at radius 2 is 1.89 bits per heavy atom. The van der Waals surface area contributed by atoms with Crippen LogP contribution >= 0.6 is 0 Å². The van der Waals surface area contributed by atoms with E-state index >= 15 is 0 Å². The Bertz CT molecular complexity index is 482. The van der Waals surface area contributed by atoms with Crippen LogP contribution < -0.4 is 0 Å². The van der Waals surface area contributed by atoms with Crippen molar-refractivity contribution in [3.8, 4) is 5.75 Å². The van der Waals surface area contributed by atoms with Crippen LogP contribution in [-0.4, -0.2) is 34.0 Å². The molecule has 0 radical (unpaired) electrons. The first kappa shape index (κ1) is 13.8. The number of hydrogen-bond donors (Lipinski definition) is 2. The topological polar surface area (TPSA) is 77.8 Å². The van der Waals surface area contributed by atoms with Crippen LogP contribution in [0.5, 0.6) is 5.75 Å². The van der Waals surface area contributed by atoms with Gasteiger partial charge in [-0.1, -0.05) is 18.2 Å². The minimum absolute atomic E-state index is 0.104. The summed E-state index contributed by atoms with van der Waals surface area (Å²) in [4.78, 5) is 23.3. The number of rotatable bonds is 4. The largest absolute Gasteiger partial charge is 0.508 e. The molecule has 0 fully saturated rings. The lowest BCUT2D eigenvalue weighted by Crippen LogP contribution is -2.28. The lowest BCUT2D eigenvalue weighted by atomic mass is 10.1. The average molecular weight is 249 g/mol. The summed E-state index contributed by atoms with van der Waals surface area (Å²) in [5.41, 5.74) is 0.608. The summed E-state index contributed by atoms with van der Waals surface area (Å²) in [6.07, 6.45) is 1.77. The summed E-state index contributed by atoms with van der Waals surface area (Å²) < 4.78 is 0. The Balaban J connectivity index is 2.84. The zero-order chi connectivity index (χ0) is 13.7. The molecule has 5 heteroatoms. The van der Waals surface area contributed by atoms with E-state index in [0.717, 1.165) is 12.2 Å². The summed E-state index contributed by atoms with van der Waals surface area (Å²) in [5, 5.41) is 18.1. The molecular weight excluding hydrogens is 234 g/mol. The number of hydrogen-bond acceptors (Lipinski definition) is 3. The Morgan fingerprint density at radius 3 is 2.44 bits per heavy atom. The van der Waals surface area contributed by atoms with Gasteiger partial charge in [-0.3, -0.25) is 4.79 Å². The molecule has 0 aliphatic rings. The van der Waals surface area contributed by atoms with Crippen molar-refractivity contribution in [3.63, 3.8) is 0 Å². The number of benzene rings is 1. The van der Waals surface area contributed by atoms with Gasteiger partial charge in [0.25, 0.3) is 0 Å². The third-order valence-corrected chi connectivity index (χ3v) is 2.68. The molecule has 0 spiro atoms. The Labute approximate surface area is 105 Å². The summed E-state index contributed by atoms with van der Waals surface area (Å²) in [5.74, 6) is -1.51. The molecule has 0 aliphatic carbocycles. The van der Waals surface area contributed by atoms with Crippen LogP contribution in [0, 0.1) is 0 Å². The molecule has 1 aromatic rings. The van der Waals surface area contributed by atoms with Crippen molar-refractivity contribution >= 4 is 11.9 Å². The van der Waals surface area contributed by atoms with Crippen LogP contribution in [-0.2, 0) is 9.59 Å².